The summed E-state index contributed by atoms with van der Waals surface area (Å²) in [6.07, 6.45) is 1.55. The van der Waals surface area contributed by atoms with Gasteiger partial charge in [0.15, 0.2) is 0 Å². The second kappa shape index (κ2) is 5.98. The summed E-state index contributed by atoms with van der Waals surface area (Å²) in [6.45, 7) is 0. The van der Waals surface area contributed by atoms with Crippen LogP contribution in [0.15, 0.2) is 35.0 Å². The first-order valence-corrected chi connectivity index (χ1v) is 6.75. The Labute approximate surface area is 110 Å². The molecule has 2 nitrogen and oxygen atoms in total. The Hall–Kier alpha value is -1.39. The normalized spacial score (nSPS) is 12.4. The average molecular weight is 265 g/mol. The monoisotopic (exact) mass is 265 g/mol. The van der Waals surface area contributed by atoms with Crippen molar-refractivity contribution in [3.63, 3.8) is 0 Å². The van der Waals surface area contributed by atoms with Gasteiger partial charge in [-0.05, 0) is 47.4 Å². The predicted molar refractivity (Wildman–Crippen MR) is 72.5 cm³/mol. The SMILES string of the molecule is COc1cccc(F)c1C(N)CCc1ccsc1. The van der Waals surface area contributed by atoms with Gasteiger partial charge in [0, 0.05) is 11.6 Å². The van der Waals surface area contributed by atoms with Crippen molar-refractivity contribution in [2.75, 3.05) is 7.11 Å². The molecular weight excluding hydrogens is 249 g/mol. The summed E-state index contributed by atoms with van der Waals surface area (Å²) in [5, 5.41) is 4.12. The first-order chi connectivity index (χ1) is 8.72. The van der Waals surface area contributed by atoms with Crippen molar-refractivity contribution in [1.82, 2.24) is 0 Å². The number of benzene rings is 1. The lowest BCUT2D eigenvalue weighted by Gasteiger charge is -2.16. The van der Waals surface area contributed by atoms with Crippen LogP contribution in [0.4, 0.5) is 4.39 Å². The van der Waals surface area contributed by atoms with Gasteiger partial charge in [-0.15, -0.1) is 0 Å². The molecule has 1 aromatic heterocycles. The number of hydrogen-bond donors (Lipinski definition) is 1. The molecule has 0 spiro atoms. The fraction of sp³-hybridized carbons (Fsp3) is 0.286. The molecule has 0 fully saturated rings. The third-order valence-corrected chi connectivity index (χ3v) is 3.66. The van der Waals surface area contributed by atoms with Gasteiger partial charge < -0.3 is 10.5 Å². The van der Waals surface area contributed by atoms with E-state index in [1.165, 1.54) is 18.7 Å². The van der Waals surface area contributed by atoms with Gasteiger partial charge in [0.1, 0.15) is 11.6 Å². The van der Waals surface area contributed by atoms with Gasteiger partial charge in [-0.1, -0.05) is 6.07 Å². The highest BCUT2D eigenvalue weighted by molar-refractivity contribution is 7.07. The van der Waals surface area contributed by atoms with E-state index in [4.69, 9.17) is 10.5 Å². The Balaban J connectivity index is 2.10. The highest BCUT2D eigenvalue weighted by atomic mass is 32.1. The summed E-state index contributed by atoms with van der Waals surface area (Å²) in [5.74, 6) is 0.222. The summed E-state index contributed by atoms with van der Waals surface area (Å²) >= 11 is 1.66. The Bertz CT molecular complexity index is 499. The van der Waals surface area contributed by atoms with Crippen molar-refractivity contribution in [2.24, 2.45) is 5.73 Å². The first kappa shape index (κ1) is 13.1. The van der Waals surface area contributed by atoms with Crippen LogP contribution in [0.1, 0.15) is 23.6 Å². The number of hydrogen-bond acceptors (Lipinski definition) is 3. The van der Waals surface area contributed by atoms with Crippen LogP contribution in [0.2, 0.25) is 0 Å². The van der Waals surface area contributed by atoms with E-state index >= 15 is 0 Å². The molecule has 0 amide bonds. The lowest BCUT2D eigenvalue weighted by molar-refractivity contribution is 0.397. The molecule has 1 atom stereocenters. The number of aryl methyl sites for hydroxylation is 1. The van der Waals surface area contributed by atoms with Crippen LogP contribution in [0.5, 0.6) is 5.75 Å². The van der Waals surface area contributed by atoms with Crippen LogP contribution in [0.25, 0.3) is 0 Å². The van der Waals surface area contributed by atoms with Gasteiger partial charge in [0.2, 0.25) is 0 Å². The smallest absolute Gasteiger partial charge is 0.131 e. The van der Waals surface area contributed by atoms with E-state index < -0.39 is 0 Å². The lowest BCUT2D eigenvalue weighted by atomic mass is 9.99. The molecule has 2 rings (SSSR count). The fourth-order valence-electron chi connectivity index (χ4n) is 1.96. The van der Waals surface area contributed by atoms with Crippen molar-refractivity contribution >= 4 is 11.3 Å². The molecule has 0 saturated heterocycles. The minimum absolute atomic E-state index is 0.299. The molecule has 0 aliphatic carbocycles. The van der Waals surface area contributed by atoms with Crippen molar-refractivity contribution in [3.05, 3.63) is 52.0 Å². The molecule has 2 aromatic rings. The molecule has 0 bridgehead atoms. The first-order valence-electron chi connectivity index (χ1n) is 5.81. The molecule has 0 radical (unpaired) electrons. The zero-order valence-corrected chi connectivity index (χ0v) is 11.0. The third kappa shape index (κ3) is 2.89. The molecule has 0 aliphatic rings. The summed E-state index contributed by atoms with van der Waals surface area (Å²) in [7, 11) is 1.53. The lowest BCUT2D eigenvalue weighted by Crippen LogP contribution is -2.14. The molecule has 0 aliphatic heterocycles. The highest BCUT2D eigenvalue weighted by Gasteiger charge is 2.16. The number of thiophene rings is 1. The molecule has 1 aromatic carbocycles. The number of methoxy groups -OCH3 is 1. The number of rotatable bonds is 5. The van der Waals surface area contributed by atoms with E-state index in [0.717, 1.165) is 6.42 Å². The minimum atomic E-state index is -0.346. The van der Waals surface area contributed by atoms with Crippen molar-refractivity contribution in [3.8, 4) is 5.75 Å². The van der Waals surface area contributed by atoms with Crippen molar-refractivity contribution < 1.29 is 9.13 Å². The molecule has 0 saturated carbocycles. The topological polar surface area (TPSA) is 35.2 Å². The van der Waals surface area contributed by atoms with E-state index in [2.05, 4.69) is 11.4 Å². The number of nitrogens with two attached hydrogens (primary N) is 1. The standard InChI is InChI=1S/C14H16FNOS/c1-17-13-4-2-3-11(15)14(13)12(16)6-5-10-7-8-18-9-10/h2-4,7-9,12H,5-6,16H2,1H3. The van der Waals surface area contributed by atoms with E-state index in [1.54, 1.807) is 23.5 Å². The zero-order valence-electron chi connectivity index (χ0n) is 10.2. The van der Waals surface area contributed by atoms with Crippen LogP contribution in [-0.4, -0.2) is 7.11 Å². The van der Waals surface area contributed by atoms with E-state index in [-0.39, 0.29) is 11.9 Å². The molecule has 1 unspecified atom stereocenters. The van der Waals surface area contributed by atoms with Gasteiger partial charge in [-0.25, -0.2) is 4.39 Å². The van der Waals surface area contributed by atoms with Crippen LogP contribution >= 0.6 is 11.3 Å². The van der Waals surface area contributed by atoms with Gasteiger partial charge in [-0.2, -0.15) is 11.3 Å². The van der Waals surface area contributed by atoms with E-state index in [9.17, 15) is 4.39 Å². The summed E-state index contributed by atoms with van der Waals surface area (Å²) in [6, 6.07) is 6.51. The second-order valence-electron chi connectivity index (χ2n) is 4.13. The Morgan fingerprint density at radius 2 is 2.22 bits per heavy atom. The molecular formula is C14H16FNOS. The van der Waals surface area contributed by atoms with Crippen LogP contribution in [0.3, 0.4) is 0 Å². The fourth-order valence-corrected chi connectivity index (χ4v) is 2.66. The quantitative estimate of drug-likeness (QED) is 0.897. The molecule has 18 heavy (non-hydrogen) atoms. The molecule has 2 N–H and O–H groups in total. The summed E-state index contributed by atoms with van der Waals surface area (Å²) in [4.78, 5) is 0. The minimum Gasteiger partial charge on any atom is -0.496 e. The Morgan fingerprint density at radius 3 is 2.89 bits per heavy atom. The van der Waals surface area contributed by atoms with Gasteiger partial charge in [-0.3, -0.25) is 0 Å². The maximum atomic E-state index is 13.8. The van der Waals surface area contributed by atoms with Crippen LogP contribution in [-0.2, 0) is 6.42 Å². The predicted octanol–water partition coefficient (Wildman–Crippen LogP) is 3.53. The van der Waals surface area contributed by atoms with Crippen molar-refractivity contribution in [2.45, 2.75) is 18.9 Å². The average Bonchev–Trinajstić information content (AvgIpc) is 2.88. The largest absolute Gasteiger partial charge is 0.496 e. The van der Waals surface area contributed by atoms with Gasteiger partial charge in [0.05, 0.1) is 7.11 Å². The maximum Gasteiger partial charge on any atom is 0.131 e. The summed E-state index contributed by atoms with van der Waals surface area (Å²) < 4.78 is 19.0. The van der Waals surface area contributed by atoms with Crippen LogP contribution < -0.4 is 10.5 Å². The Morgan fingerprint density at radius 1 is 1.39 bits per heavy atom. The molecule has 1 heterocycles. The van der Waals surface area contributed by atoms with Gasteiger partial charge >= 0.3 is 0 Å². The van der Waals surface area contributed by atoms with E-state index in [1.807, 2.05) is 5.38 Å². The highest BCUT2D eigenvalue weighted by Crippen LogP contribution is 2.29. The summed E-state index contributed by atoms with van der Waals surface area (Å²) in [5.41, 5.74) is 7.78. The van der Waals surface area contributed by atoms with Crippen LogP contribution in [0, 0.1) is 5.82 Å². The Kier molecular flexibility index (Phi) is 4.33. The van der Waals surface area contributed by atoms with E-state index in [0.29, 0.717) is 17.7 Å². The third-order valence-electron chi connectivity index (χ3n) is 2.93. The molecule has 96 valence electrons. The maximum absolute atomic E-state index is 13.8. The number of halogens is 1. The zero-order chi connectivity index (χ0) is 13.0. The second-order valence-corrected chi connectivity index (χ2v) is 4.91. The van der Waals surface area contributed by atoms with Gasteiger partial charge in [0.25, 0.3) is 0 Å². The number of ether oxygens (including phenoxy) is 1. The molecule has 4 heteroatoms. The van der Waals surface area contributed by atoms with Crippen molar-refractivity contribution in [1.29, 1.82) is 0 Å².